The van der Waals surface area contributed by atoms with Gasteiger partial charge in [0.25, 0.3) is 0 Å². The molecule has 0 radical (unpaired) electrons. The lowest BCUT2D eigenvalue weighted by Crippen LogP contribution is -2.53. The predicted octanol–water partition coefficient (Wildman–Crippen LogP) is 3.02. The summed E-state index contributed by atoms with van der Waals surface area (Å²) in [6, 6.07) is 0.564. The fourth-order valence-corrected chi connectivity index (χ4v) is 5.40. The summed E-state index contributed by atoms with van der Waals surface area (Å²) < 4.78 is 0. The van der Waals surface area contributed by atoms with Crippen molar-refractivity contribution in [1.82, 2.24) is 15.5 Å². The Morgan fingerprint density at radius 3 is 2.52 bits per heavy atom. The Bertz CT molecular complexity index is 516. The smallest absolute Gasteiger partial charge is 0.225 e. The minimum atomic E-state index is -0.140. The molecule has 0 aromatic carbocycles. The van der Waals surface area contributed by atoms with Crippen molar-refractivity contribution in [2.45, 2.75) is 77.8 Å². The van der Waals surface area contributed by atoms with Crippen molar-refractivity contribution in [3.05, 3.63) is 0 Å². The molecule has 7 atom stereocenters. The standard InChI is InChI=1S/C21H38ClN3O2/c1-6-8-25(7-2)19-11-16(22)10-17(15(19)5)20(26)23-12-18-13(3)9-14(4)24-21(18)27/h13-19H,6-12H2,1-5H3,(H,23,26)(H,24,27). The van der Waals surface area contributed by atoms with Crippen molar-refractivity contribution >= 4 is 23.4 Å². The van der Waals surface area contributed by atoms with E-state index in [2.05, 4.69) is 43.2 Å². The van der Waals surface area contributed by atoms with Crippen LogP contribution in [0.4, 0.5) is 0 Å². The number of piperidine rings is 1. The first-order chi connectivity index (χ1) is 12.8. The number of amides is 2. The molecule has 1 aliphatic heterocycles. The van der Waals surface area contributed by atoms with Gasteiger partial charge in [-0.3, -0.25) is 9.59 Å². The fraction of sp³-hybridized carbons (Fsp3) is 0.905. The summed E-state index contributed by atoms with van der Waals surface area (Å²) in [6.45, 7) is 13.1. The highest BCUT2D eigenvalue weighted by Gasteiger charge is 2.41. The second kappa shape index (κ2) is 10.1. The molecule has 0 aromatic heterocycles. The molecule has 1 aliphatic carbocycles. The number of hydrogen-bond donors (Lipinski definition) is 2. The molecule has 2 aliphatic rings. The highest BCUT2D eigenvalue weighted by Crippen LogP contribution is 2.36. The van der Waals surface area contributed by atoms with Crippen LogP contribution in [0.3, 0.4) is 0 Å². The first kappa shape index (κ1) is 22.5. The molecule has 0 aromatic rings. The van der Waals surface area contributed by atoms with Crippen LogP contribution in [0.2, 0.25) is 0 Å². The third-order valence-electron chi connectivity index (χ3n) is 6.61. The van der Waals surface area contributed by atoms with E-state index in [0.29, 0.717) is 12.6 Å². The minimum Gasteiger partial charge on any atom is -0.355 e. The van der Waals surface area contributed by atoms with Gasteiger partial charge >= 0.3 is 0 Å². The lowest BCUT2D eigenvalue weighted by molar-refractivity contribution is -0.132. The molecule has 27 heavy (non-hydrogen) atoms. The molecule has 1 saturated carbocycles. The second-order valence-corrected chi connectivity index (χ2v) is 9.32. The summed E-state index contributed by atoms with van der Waals surface area (Å²) in [4.78, 5) is 27.7. The maximum Gasteiger partial charge on any atom is 0.225 e. The zero-order valence-corrected chi connectivity index (χ0v) is 18.4. The van der Waals surface area contributed by atoms with Gasteiger partial charge in [-0.1, -0.05) is 27.7 Å². The maximum atomic E-state index is 13.0. The number of nitrogens with one attached hydrogen (secondary N) is 2. The molecule has 2 rings (SSSR count). The van der Waals surface area contributed by atoms with Gasteiger partial charge in [0.1, 0.15) is 0 Å². The van der Waals surface area contributed by atoms with Crippen LogP contribution in [0, 0.1) is 23.7 Å². The summed E-state index contributed by atoms with van der Waals surface area (Å²) >= 11 is 6.56. The Morgan fingerprint density at radius 2 is 1.93 bits per heavy atom. The molecule has 5 nitrogen and oxygen atoms in total. The number of rotatable bonds is 7. The molecule has 6 heteroatoms. The molecule has 1 heterocycles. The Labute approximate surface area is 170 Å². The van der Waals surface area contributed by atoms with Crippen molar-refractivity contribution in [2.24, 2.45) is 23.7 Å². The van der Waals surface area contributed by atoms with Crippen LogP contribution in [0.1, 0.15) is 60.3 Å². The van der Waals surface area contributed by atoms with Crippen LogP contribution in [-0.2, 0) is 9.59 Å². The average molecular weight is 400 g/mol. The number of carbonyl (C=O) groups is 2. The summed E-state index contributed by atoms with van der Waals surface area (Å²) in [6.07, 6.45) is 3.73. The first-order valence-electron chi connectivity index (χ1n) is 10.7. The molecule has 0 bridgehead atoms. The Kier molecular flexibility index (Phi) is 8.41. The zero-order chi connectivity index (χ0) is 20.1. The molecule has 2 N–H and O–H groups in total. The van der Waals surface area contributed by atoms with Gasteiger partial charge in [-0.2, -0.15) is 0 Å². The van der Waals surface area contributed by atoms with Crippen molar-refractivity contribution in [1.29, 1.82) is 0 Å². The van der Waals surface area contributed by atoms with E-state index in [1.54, 1.807) is 0 Å². The topological polar surface area (TPSA) is 61.4 Å². The number of hydrogen-bond acceptors (Lipinski definition) is 3. The van der Waals surface area contributed by atoms with Crippen molar-refractivity contribution in [2.75, 3.05) is 19.6 Å². The summed E-state index contributed by atoms with van der Waals surface area (Å²) in [7, 11) is 0. The molecule has 7 unspecified atom stereocenters. The molecule has 1 saturated heterocycles. The zero-order valence-electron chi connectivity index (χ0n) is 17.6. The summed E-state index contributed by atoms with van der Waals surface area (Å²) in [5.74, 6) is 0.447. The minimum absolute atomic E-state index is 0.0330. The molecule has 2 fully saturated rings. The summed E-state index contributed by atoms with van der Waals surface area (Å²) in [5, 5.41) is 6.12. The largest absolute Gasteiger partial charge is 0.355 e. The van der Waals surface area contributed by atoms with Gasteiger partial charge in [0.05, 0.1) is 5.92 Å². The van der Waals surface area contributed by atoms with E-state index >= 15 is 0 Å². The van der Waals surface area contributed by atoms with Gasteiger partial charge < -0.3 is 15.5 Å². The molecular weight excluding hydrogens is 362 g/mol. The van der Waals surface area contributed by atoms with E-state index in [9.17, 15) is 9.59 Å². The quantitative estimate of drug-likeness (QED) is 0.647. The average Bonchev–Trinajstić information content (AvgIpc) is 2.60. The van der Waals surface area contributed by atoms with E-state index < -0.39 is 0 Å². The fourth-order valence-electron chi connectivity index (χ4n) is 5.03. The van der Waals surface area contributed by atoms with Crippen LogP contribution in [0.15, 0.2) is 0 Å². The highest BCUT2D eigenvalue weighted by atomic mass is 35.5. The van der Waals surface area contributed by atoms with E-state index in [-0.39, 0.29) is 46.9 Å². The Balaban J connectivity index is 1.98. The predicted molar refractivity (Wildman–Crippen MR) is 111 cm³/mol. The van der Waals surface area contributed by atoms with Crippen LogP contribution >= 0.6 is 11.6 Å². The molecule has 156 valence electrons. The van der Waals surface area contributed by atoms with Crippen LogP contribution in [0.5, 0.6) is 0 Å². The number of alkyl halides is 1. The highest BCUT2D eigenvalue weighted by molar-refractivity contribution is 6.20. The van der Waals surface area contributed by atoms with Crippen LogP contribution in [0.25, 0.3) is 0 Å². The Hall–Kier alpha value is -0.810. The monoisotopic (exact) mass is 399 g/mol. The maximum absolute atomic E-state index is 13.0. The number of nitrogens with zero attached hydrogens (tertiary/aromatic N) is 1. The van der Waals surface area contributed by atoms with Gasteiger partial charge in [0, 0.05) is 29.9 Å². The van der Waals surface area contributed by atoms with Crippen LogP contribution < -0.4 is 10.6 Å². The molecule has 0 spiro atoms. The lowest BCUT2D eigenvalue weighted by Gasteiger charge is -2.43. The number of halogens is 1. The van der Waals surface area contributed by atoms with Gasteiger partial charge in [0.15, 0.2) is 0 Å². The van der Waals surface area contributed by atoms with Gasteiger partial charge in [0.2, 0.25) is 11.8 Å². The SMILES string of the molecule is CCCN(CC)C1CC(Cl)CC(C(=O)NCC2C(=O)NC(C)CC2C)C1C. The van der Waals surface area contributed by atoms with E-state index in [4.69, 9.17) is 11.6 Å². The summed E-state index contributed by atoms with van der Waals surface area (Å²) in [5.41, 5.74) is 0. The van der Waals surface area contributed by atoms with Gasteiger partial charge in [-0.15, -0.1) is 11.6 Å². The van der Waals surface area contributed by atoms with Gasteiger partial charge in [-0.05, 0) is 57.5 Å². The van der Waals surface area contributed by atoms with Crippen molar-refractivity contribution in [3.8, 4) is 0 Å². The van der Waals surface area contributed by atoms with E-state index in [1.807, 2.05) is 6.92 Å². The third-order valence-corrected chi connectivity index (χ3v) is 6.96. The van der Waals surface area contributed by atoms with Gasteiger partial charge in [-0.25, -0.2) is 0 Å². The second-order valence-electron chi connectivity index (χ2n) is 8.70. The number of carbonyl (C=O) groups excluding carboxylic acids is 2. The Morgan fingerprint density at radius 1 is 1.22 bits per heavy atom. The van der Waals surface area contributed by atoms with E-state index in [1.165, 1.54) is 0 Å². The first-order valence-corrected chi connectivity index (χ1v) is 11.2. The molecule has 2 amide bonds. The normalized spacial score (nSPS) is 37.1. The van der Waals surface area contributed by atoms with Crippen molar-refractivity contribution < 1.29 is 9.59 Å². The van der Waals surface area contributed by atoms with Crippen LogP contribution in [-0.4, -0.2) is 53.8 Å². The third kappa shape index (κ3) is 5.60. The molecular formula is C21H38ClN3O2. The van der Waals surface area contributed by atoms with Crippen molar-refractivity contribution in [3.63, 3.8) is 0 Å². The lowest BCUT2D eigenvalue weighted by atomic mass is 9.75. The van der Waals surface area contributed by atoms with E-state index in [0.717, 1.165) is 38.8 Å².